The normalized spacial score (nSPS) is 39.0. The van der Waals surface area contributed by atoms with Gasteiger partial charge in [-0.25, -0.2) is 0 Å². The van der Waals surface area contributed by atoms with Crippen molar-refractivity contribution < 1.29 is 0 Å². The lowest BCUT2D eigenvalue weighted by Gasteiger charge is -2.46. The summed E-state index contributed by atoms with van der Waals surface area (Å²) >= 11 is 2.53. The molecular weight excluding hydrogens is 275 g/mol. The van der Waals surface area contributed by atoms with Crippen LogP contribution in [0.15, 0.2) is 0 Å². The maximum Gasteiger partial charge on any atom is 0.0591 e. The number of nitrogens with zero attached hydrogens (tertiary/aromatic N) is 2. The van der Waals surface area contributed by atoms with Gasteiger partial charge >= 0.3 is 0 Å². The summed E-state index contributed by atoms with van der Waals surface area (Å²) in [5.74, 6) is 0. The third-order valence-electron chi connectivity index (χ3n) is 3.61. The predicted octanol–water partition coefficient (Wildman–Crippen LogP) is 1.94. The largest absolute Gasteiger partial charge is 0.295 e. The van der Waals surface area contributed by atoms with E-state index in [-0.39, 0.29) is 0 Å². The molecule has 0 amide bonds. The number of rotatable bonds is 1. The van der Waals surface area contributed by atoms with E-state index in [0.29, 0.717) is 9.59 Å². The summed E-state index contributed by atoms with van der Waals surface area (Å²) in [5.41, 5.74) is 0.498. The van der Waals surface area contributed by atoms with E-state index in [1.165, 1.54) is 39.0 Å². The number of hydrogen-bond donors (Lipinski definition) is 0. The van der Waals surface area contributed by atoms with Crippen molar-refractivity contribution in [2.75, 3.05) is 26.2 Å². The van der Waals surface area contributed by atoms with E-state index >= 15 is 0 Å². The minimum absolute atomic E-state index is 0.498. The average molecular weight is 294 g/mol. The van der Waals surface area contributed by atoms with Crippen molar-refractivity contribution in [3.8, 4) is 0 Å². The van der Waals surface area contributed by atoms with Crippen molar-refractivity contribution in [1.82, 2.24) is 9.80 Å². The number of fused-ring (bicyclic) bond motifs is 1. The highest BCUT2D eigenvalue weighted by molar-refractivity contribution is 14.1. The Balaban J connectivity index is 2.04. The van der Waals surface area contributed by atoms with Gasteiger partial charge in [-0.1, -0.05) is 22.6 Å². The van der Waals surface area contributed by atoms with E-state index in [4.69, 9.17) is 0 Å². The van der Waals surface area contributed by atoms with Gasteiger partial charge < -0.3 is 0 Å². The molecule has 0 bridgehead atoms. The van der Waals surface area contributed by atoms with Gasteiger partial charge in [0, 0.05) is 25.2 Å². The zero-order chi connectivity index (χ0) is 9.47. The van der Waals surface area contributed by atoms with Crippen molar-refractivity contribution in [2.45, 2.75) is 36.3 Å². The van der Waals surface area contributed by atoms with Crippen molar-refractivity contribution in [3.63, 3.8) is 0 Å². The molecule has 0 N–H and O–H groups in total. The van der Waals surface area contributed by atoms with Crippen LogP contribution in [0.2, 0.25) is 0 Å². The fourth-order valence-corrected chi connectivity index (χ4v) is 3.18. The van der Waals surface area contributed by atoms with Gasteiger partial charge in [0.25, 0.3) is 0 Å². The minimum Gasteiger partial charge on any atom is -0.295 e. The first kappa shape index (κ1) is 10.2. The molecule has 0 aromatic heterocycles. The van der Waals surface area contributed by atoms with Crippen LogP contribution in [-0.4, -0.2) is 45.6 Å². The van der Waals surface area contributed by atoms with E-state index in [1.54, 1.807) is 0 Å². The Morgan fingerprint density at radius 1 is 1.31 bits per heavy atom. The predicted molar refractivity (Wildman–Crippen MR) is 64.3 cm³/mol. The molecule has 2 rings (SSSR count). The molecule has 0 unspecified atom stereocenters. The van der Waals surface area contributed by atoms with Gasteiger partial charge in [-0.2, -0.15) is 0 Å². The molecule has 76 valence electrons. The molecule has 2 aliphatic rings. The molecule has 2 heterocycles. The van der Waals surface area contributed by atoms with Crippen molar-refractivity contribution in [3.05, 3.63) is 0 Å². The average Bonchev–Trinajstić information content (AvgIpc) is 2.44. The third kappa shape index (κ3) is 1.88. The summed E-state index contributed by atoms with van der Waals surface area (Å²) in [6.07, 6.45) is 2.80. The highest BCUT2D eigenvalue weighted by Gasteiger charge is 2.41. The van der Waals surface area contributed by atoms with Crippen LogP contribution in [-0.2, 0) is 0 Å². The molecule has 0 saturated carbocycles. The lowest BCUT2D eigenvalue weighted by atomic mass is 9.96. The number of piperazine rings is 1. The zero-order valence-electron chi connectivity index (χ0n) is 8.59. The second kappa shape index (κ2) is 3.66. The first-order chi connectivity index (χ1) is 6.12. The Morgan fingerprint density at radius 2 is 2.08 bits per heavy atom. The molecule has 2 saturated heterocycles. The Morgan fingerprint density at radius 3 is 2.77 bits per heavy atom. The van der Waals surface area contributed by atoms with E-state index in [9.17, 15) is 0 Å². The number of hydrogen-bond acceptors (Lipinski definition) is 2. The smallest absolute Gasteiger partial charge is 0.0591 e. The molecule has 2 aliphatic heterocycles. The maximum absolute atomic E-state index is 2.68. The van der Waals surface area contributed by atoms with Crippen molar-refractivity contribution in [1.29, 1.82) is 0 Å². The van der Waals surface area contributed by atoms with Crippen LogP contribution in [0.5, 0.6) is 0 Å². The molecule has 0 aromatic carbocycles. The SMILES string of the molecule is C[C@H](I)N1CCN2CCC[C@@]2(C)C1. The molecular formula is C10H19IN2. The van der Waals surface area contributed by atoms with Gasteiger partial charge in [0.2, 0.25) is 0 Å². The molecule has 13 heavy (non-hydrogen) atoms. The van der Waals surface area contributed by atoms with E-state index in [2.05, 4.69) is 46.2 Å². The van der Waals surface area contributed by atoms with Crippen LogP contribution in [0.1, 0.15) is 26.7 Å². The van der Waals surface area contributed by atoms with Crippen LogP contribution < -0.4 is 0 Å². The van der Waals surface area contributed by atoms with Crippen molar-refractivity contribution in [2.24, 2.45) is 0 Å². The Kier molecular flexibility index (Phi) is 2.87. The van der Waals surface area contributed by atoms with E-state index in [1.807, 2.05) is 0 Å². The van der Waals surface area contributed by atoms with E-state index in [0.717, 1.165) is 0 Å². The van der Waals surface area contributed by atoms with Crippen LogP contribution in [0.3, 0.4) is 0 Å². The fourth-order valence-electron chi connectivity index (χ4n) is 2.71. The summed E-state index contributed by atoms with van der Waals surface area (Å²) in [5, 5.41) is 0. The first-order valence-corrected chi connectivity index (χ1v) is 6.50. The number of alkyl halides is 1. The summed E-state index contributed by atoms with van der Waals surface area (Å²) in [6, 6.07) is 0. The third-order valence-corrected chi connectivity index (χ3v) is 4.40. The van der Waals surface area contributed by atoms with Gasteiger partial charge in [-0.15, -0.1) is 0 Å². The Bertz CT molecular complexity index is 195. The van der Waals surface area contributed by atoms with Gasteiger partial charge in [0.05, 0.1) is 4.05 Å². The summed E-state index contributed by atoms with van der Waals surface area (Å²) < 4.78 is 0.692. The van der Waals surface area contributed by atoms with Crippen LogP contribution >= 0.6 is 22.6 Å². The molecule has 0 aliphatic carbocycles. The Labute approximate surface area is 94.8 Å². The molecule has 0 radical (unpaired) electrons. The first-order valence-electron chi connectivity index (χ1n) is 5.25. The fraction of sp³-hybridized carbons (Fsp3) is 1.00. The zero-order valence-corrected chi connectivity index (χ0v) is 10.7. The van der Waals surface area contributed by atoms with Gasteiger partial charge in [-0.3, -0.25) is 9.80 Å². The monoisotopic (exact) mass is 294 g/mol. The molecule has 2 fully saturated rings. The molecule has 0 spiro atoms. The summed E-state index contributed by atoms with van der Waals surface area (Å²) in [6.45, 7) is 9.89. The minimum atomic E-state index is 0.498. The second-order valence-corrected chi connectivity index (χ2v) is 6.43. The van der Waals surface area contributed by atoms with Crippen LogP contribution in [0.25, 0.3) is 0 Å². The summed E-state index contributed by atoms with van der Waals surface area (Å²) in [4.78, 5) is 5.30. The van der Waals surface area contributed by atoms with Crippen molar-refractivity contribution >= 4 is 22.6 Å². The number of halogens is 1. The standard InChI is InChI=1S/C10H19IN2/c1-9(11)12-6-7-13-5-3-4-10(13,2)8-12/h9H,3-8H2,1-2H3/t9-,10+/m1/s1. The van der Waals surface area contributed by atoms with Crippen LogP contribution in [0.4, 0.5) is 0 Å². The molecule has 3 heteroatoms. The highest BCUT2D eigenvalue weighted by Crippen LogP contribution is 2.33. The summed E-state index contributed by atoms with van der Waals surface area (Å²) in [7, 11) is 0. The highest BCUT2D eigenvalue weighted by atomic mass is 127. The van der Waals surface area contributed by atoms with Crippen LogP contribution in [0, 0.1) is 0 Å². The van der Waals surface area contributed by atoms with Gasteiger partial charge in [0.15, 0.2) is 0 Å². The molecule has 2 atom stereocenters. The lowest BCUT2D eigenvalue weighted by molar-refractivity contribution is 0.0397. The lowest BCUT2D eigenvalue weighted by Crippen LogP contribution is -2.58. The topological polar surface area (TPSA) is 6.48 Å². The maximum atomic E-state index is 2.68. The quantitative estimate of drug-likeness (QED) is 0.414. The molecule has 0 aromatic rings. The second-order valence-electron chi connectivity index (χ2n) is 4.63. The van der Waals surface area contributed by atoms with E-state index < -0.39 is 0 Å². The Hall–Kier alpha value is 0.650. The van der Waals surface area contributed by atoms with Gasteiger partial charge in [-0.05, 0) is 33.2 Å². The molecule has 2 nitrogen and oxygen atoms in total. The van der Waals surface area contributed by atoms with Gasteiger partial charge in [0.1, 0.15) is 0 Å².